The van der Waals surface area contributed by atoms with Gasteiger partial charge in [-0.1, -0.05) is 30.3 Å². The minimum atomic E-state index is 0.360. The molecule has 7 nitrogen and oxygen atoms in total. The van der Waals surface area contributed by atoms with E-state index < -0.39 is 0 Å². The molecule has 0 unspecified atom stereocenters. The van der Waals surface area contributed by atoms with Gasteiger partial charge in [0, 0.05) is 17.1 Å². The molecular formula is C13H9N7S. The van der Waals surface area contributed by atoms with Gasteiger partial charge in [-0.2, -0.15) is 10.1 Å². The molecule has 8 heteroatoms. The van der Waals surface area contributed by atoms with Crippen molar-refractivity contribution in [2.45, 2.75) is 0 Å². The Labute approximate surface area is 123 Å². The summed E-state index contributed by atoms with van der Waals surface area (Å²) in [5.41, 5.74) is 1.80. The van der Waals surface area contributed by atoms with Crippen LogP contribution in [0.3, 0.4) is 0 Å². The Bertz CT molecular complexity index is 889. The van der Waals surface area contributed by atoms with E-state index >= 15 is 0 Å². The second-order valence-corrected chi connectivity index (χ2v) is 5.09. The summed E-state index contributed by atoms with van der Waals surface area (Å²) in [6, 6.07) is 9.91. The lowest BCUT2D eigenvalue weighted by Gasteiger charge is -1.97. The second-order valence-electron chi connectivity index (χ2n) is 4.21. The number of aromatic nitrogens is 5. The maximum atomic E-state index is 4.62. The molecule has 0 spiro atoms. The fourth-order valence-electron chi connectivity index (χ4n) is 2.00. The zero-order valence-electron chi connectivity index (χ0n) is 10.7. The average molecular weight is 295 g/mol. The molecular weight excluding hydrogens is 286 g/mol. The van der Waals surface area contributed by atoms with Crippen LogP contribution in [0.25, 0.3) is 16.2 Å². The Morgan fingerprint density at radius 1 is 1.14 bits per heavy atom. The number of benzene rings is 1. The quantitative estimate of drug-likeness (QED) is 0.586. The minimum absolute atomic E-state index is 0.360. The third kappa shape index (κ3) is 2.11. The highest BCUT2D eigenvalue weighted by Crippen LogP contribution is 2.33. The fourth-order valence-corrected chi connectivity index (χ4v) is 2.71. The SMILES string of the molecule is c1ccc(-c2nc3sccn3c2N=Nc2ncn[nH]2)cc1. The van der Waals surface area contributed by atoms with Crippen LogP contribution in [0.5, 0.6) is 0 Å². The maximum Gasteiger partial charge on any atom is 0.264 e. The van der Waals surface area contributed by atoms with Crippen LogP contribution < -0.4 is 0 Å². The van der Waals surface area contributed by atoms with Crippen molar-refractivity contribution in [2.24, 2.45) is 10.2 Å². The van der Waals surface area contributed by atoms with E-state index in [1.54, 1.807) is 11.3 Å². The van der Waals surface area contributed by atoms with Crippen molar-refractivity contribution in [2.75, 3.05) is 0 Å². The van der Waals surface area contributed by atoms with Gasteiger partial charge in [0.05, 0.1) is 0 Å². The van der Waals surface area contributed by atoms with Gasteiger partial charge < -0.3 is 0 Å². The monoisotopic (exact) mass is 295 g/mol. The molecule has 0 saturated carbocycles. The van der Waals surface area contributed by atoms with E-state index in [1.807, 2.05) is 46.3 Å². The van der Waals surface area contributed by atoms with E-state index in [2.05, 4.69) is 30.4 Å². The highest BCUT2D eigenvalue weighted by atomic mass is 32.1. The third-order valence-corrected chi connectivity index (χ3v) is 3.68. The molecule has 0 saturated heterocycles. The summed E-state index contributed by atoms with van der Waals surface area (Å²) in [6.45, 7) is 0. The lowest BCUT2D eigenvalue weighted by atomic mass is 10.1. The largest absolute Gasteiger partial charge is 0.273 e. The predicted molar refractivity (Wildman–Crippen MR) is 79.1 cm³/mol. The van der Waals surface area contributed by atoms with Gasteiger partial charge in [-0.15, -0.1) is 21.6 Å². The zero-order chi connectivity index (χ0) is 14.1. The minimum Gasteiger partial charge on any atom is -0.273 e. The van der Waals surface area contributed by atoms with Crippen molar-refractivity contribution in [3.8, 4) is 11.3 Å². The van der Waals surface area contributed by atoms with Gasteiger partial charge in [0.15, 0.2) is 10.8 Å². The number of hydrogen-bond donors (Lipinski definition) is 1. The van der Waals surface area contributed by atoms with E-state index in [9.17, 15) is 0 Å². The molecule has 3 heterocycles. The van der Waals surface area contributed by atoms with Crippen molar-refractivity contribution in [3.63, 3.8) is 0 Å². The van der Waals surface area contributed by atoms with Crippen LogP contribution in [0.1, 0.15) is 0 Å². The molecule has 21 heavy (non-hydrogen) atoms. The van der Waals surface area contributed by atoms with Crippen LogP contribution in [-0.2, 0) is 0 Å². The van der Waals surface area contributed by atoms with Crippen molar-refractivity contribution >= 4 is 28.1 Å². The van der Waals surface area contributed by atoms with Gasteiger partial charge in [0.2, 0.25) is 0 Å². The molecule has 4 rings (SSSR count). The molecule has 1 N–H and O–H groups in total. The first-order chi connectivity index (χ1) is 10.4. The highest BCUT2D eigenvalue weighted by Gasteiger charge is 2.14. The predicted octanol–water partition coefficient (Wildman–Crippen LogP) is 3.60. The molecule has 3 aromatic heterocycles. The van der Waals surface area contributed by atoms with Crippen LogP contribution in [-0.4, -0.2) is 24.6 Å². The van der Waals surface area contributed by atoms with E-state index in [-0.39, 0.29) is 0 Å². The van der Waals surface area contributed by atoms with E-state index in [1.165, 1.54) is 6.33 Å². The number of nitrogens with one attached hydrogen (secondary N) is 1. The van der Waals surface area contributed by atoms with Gasteiger partial charge in [-0.3, -0.25) is 4.40 Å². The van der Waals surface area contributed by atoms with Crippen LogP contribution in [0, 0.1) is 0 Å². The number of nitrogens with zero attached hydrogens (tertiary/aromatic N) is 6. The first-order valence-electron chi connectivity index (χ1n) is 6.20. The number of aromatic amines is 1. The first-order valence-corrected chi connectivity index (χ1v) is 7.08. The summed E-state index contributed by atoms with van der Waals surface area (Å²) in [4.78, 5) is 9.43. The average Bonchev–Trinajstić information content (AvgIpc) is 3.23. The second kappa shape index (κ2) is 4.91. The lowest BCUT2D eigenvalue weighted by Crippen LogP contribution is -1.79. The van der Waals surface area contributed by atoms with Gasteiger partial charge in [0.1, 0.15) is 12.0 Å². The number of H-pyrrole nitrogens is 1. The molecule has 0 aliphatic rings. The van der Waals surface area contributed by atoms with Crippen LogP contribution in [0.4, 0.5) is 11.8 Å². The molecule has 0 radical (unpaired) electrons. The highest BCUT2D eigenvalue weighted by molar-refractivity contribution is 7.15. The molecule has 0 fully saturated rings. The summed E-state index contributed by atoms with van der Waals surface area (Å²) in [6.07, 6.45) is 3.32. The van der Waals surface area contributed by atoms with Crippen molar-refractivity contribution in [1.82, 2.24) is 24.6 Å². The number of azo groups is 1. The standard InChI is InChI=1S/C13H9N7S/c1-2-4-9(5-3-1)10-11(17-19-12-14-8-15-18-12)20-6-7-21-13(20)16-10/h1-8H,(H,14,15,18). The molecule has 0 aliphatic heterocycles. The molecule has 0 amide bonds. The molecule has 1 aromatic carbocycles. The van der Waals surface area contributed by atoms with Crippen LogP contribution >= 0.6 is 11.3 Å². The Balaban J connectivity index is 1.87. The Hall–Kier alpha value is -2.87. The van der Waals surface area contributed by atoms with Gasteiger partial charge in [0.25, 0.3) is 5.95 Å². The molecule has 4 aromatic rings. The number of fused-ring (bicyclic) bond motifs is 1. The third-order valence-electron chi connectivity index (χ3n) is 2.93. The van der Waals surface area contributed by atoms with E-state index in [4.69, 9.17) is 0 Å². The Morgan fingerprint density at radius 3 is 2.86 bits per heavy atom. The summed E-state index contributed by atoms with van der Waals surface area (Å²) in [5, 5.41) is 16.7. The van der Waals surface area contributed by atoms with Crippen molar-refractivity contribution in [3.05, 3.63) is 48.2 Å². The van der Waals surface area contributed by atoms with Gasteiger partial charge >= 0.3 is 0 Å². The topological polar surface area (TPSA) is 83.6 Å². The van der Waals surface area contributed by atoms with Gasteiger partial charge in [-0.25, -0.2) is 10.1 Å². The number of thiazole rings is 1. The normalized spacial score (nSPS) is 11.6. The van der Waals surface area contributed by atoms with Crippen LogP contribution in [0.2, 0.25) is 0 Å². The van der Waals surface area contributed by atoms with Crippen molar-refractivity contribution in [1.29, 1.82) is 0 Å². The first kappa shape index (κ1) is 11.9. The fraction of sp³-hybridized carbons (Fsp3) is 0. The Kier molecular flexibility index (Phi) is 2.79. The summed E-state index contributed by atoms with van der Waals surface area (Å²) < 4.78 is 1.91. The van der Waals surface area contributed by atoms with Gasteiger partial charge in [-0.05, 0) is 0 Å². The molecule has 0 bridgehead atoms. The van der Waals surface area contributed by atoms with E-state index in [0.717, 1.165) is 16.2 Å². The van der Waals surface area contributed by atoms with Crippen LogP contribution in [0.15, 0.2) is 58.5 Å². The number of rotatable bonds is 3. The van der Waals surface area contributed by atoms with E-state index in [0.29, 0.717) is 11.8 Å². The molecule has 102 valence electrons. The zero-order valence-corrected chi connectivity index (χ0v) is 11.5. The number of hydrogen-bond acceptors (Lipinski definition) is 6. The molecule has 0 atom stereocenters. The smallest absolute Gasteiger partial charge is 0.264 e. The number of imidazole rings is 1. The summed E-state index contributed by atoms with van der Waals surface area (Å²) in [5.74, 6) is 1.04. The van der Waals surface area contributed by atoms with Crippen molar-refractivity contribution < 1.29 is 0 Å². The summed E-state index contributed by atoms with van der Waals surface area (Å²) >= 11 is 1.55. The Morgan fingerprint density at radius 2 is 2.05 bits per heavy atom. The molecule has 0 aliphatic carbocycles. The lowest BCUT2D eigenvalue weighted by molar-refractivity contribution is 1.03. The maximum absolute atomic E-state index is 4.62. The summed E-state index contributed by atoms with van der Waals surface area (Å²) in [7, 11) is 0.